The summed E-state index contributed by atoms with van der Waals surface area (Å²) >= 11 is 0. The molecular weight excluding hydrogens is 282 g/mol. The topological polar surface area (TPSA) is 37.0 Å². The van der Waals surface area contributed by atoms with Crippen LogP contribution in [0.3, 0.4) is 0 Å². The highest BCUT2D eigenvalue weighted by Crippen LogP contribution is 2.38. The SMILES string of the molecule is Cc1cccc(C2CC(Nc3ccc(NC4CCC4)nc3)C2)c1. The Balaban J connectivity index is 1.28. The average molecular weight is 307 g/mol. The van der Waals surface area contributed by atoms with Gasteiger partial charge in [0.15, 0.2) is 0 Å². The summed E-state index contributed by atoms with van der Waals surface area (Å²) in [5.41, 5.74) is 3.98. The first kappa shape index (κ1) is 14.6. The fourth-order valence-corrected chi connectivity index (χ4v) is 3.49. The molecule has 0 unspecified atom stereocenters. The van der Waals surface area contributed by atoms with Crippen molar-refractivity contribution in [3.63, 3.8) is 0 Å². The summed E-state index contributed by atoms with van der Waals surface area (Å²) in [6.07, 6.45) is 8.30. The van der Waals surface area contributed by atoms with Crippen LogP contribution < -0.4 is 10.6 Å². The van der Waals surface area contributed by atoms with E-state index in [1.54, 1.807) is 0 Å². The number of nitrogens with zero attached hydrogens (tertiary/aromatic N) is 1. The van der Waals surface area contributed by atoms with Gasteiger partial charge in [-0.2, -0.15) is 0 Å². The molecule has 2 aliphatic carbocycles. The van der Waals surface area contributed by atoms with E-state index in [0.29, 0.717) is 18.0 Å². The fourth-order valence-electron chi connectivity index (χ4n) is 3.49. The molecule has 3 nitrogen and oxygen atoms in total. The van der Waals surface area contributed by atoms with E-state index in [9.17, 15) is 0 Å². The predicted molar refractivity (Wildman–Crippen MR) is 96.1 cm³/mol. The second kappa shape index (κ2) is 6.23. The molecule has 4 rings (SSSR count). The van der Waals surface area contributed by atoms with Crippen LogP contribution in [0.4, 0.5) is 11.5 Å². The van der Waals surface area contributed by atoms with Crippen LogP contribution in [0.25, 0.3) is 0 Å². The minimum Gasteiger partial charge on any atom is -0.381 e. The van der Waals surface area contributed by atoms with E-state index in [0.717, 1.165) is 11.5 Å². The number of aromatic nitrogens is 1. The lowest BCUT2D eigenvalue weighted by Gasteiger charge is -2.37. The lowest BCUT2D eigenvalue weighted by atomic mass is 9.75. The zero-order valence-electron chi connectivity index (χ0n) is 13.8. The van der Waals surface area contributed by atoms with Crippen LogP contribution in [-0.4, -0.2) is 17.1 Å². The first-order valence-electron chi connectivity index (χ1n) is 8.82. The van der Waals surface area contributed by atoms with Gasteiger partial charge in [-0.3, -0.25) is 0 Å². The number of anilines is 2. The van der Waals surface area contributed by atoms with Crippen LogP contribution in [0.1, 0.15) is 49.1 Å². The van der Waals surface area contributed by atoms with E-state index >= 15 is 0 Å². The molecule has 2 N–H and O–H groups in total. The maximum atomic E-state index is 4.53. The van der Waals surface area contributed by atoms with Gasteiger partial charge in [-0.15, -0.1) is 0 Å². The molecule has 1 aromatic carbocycles. The zero-order valence-corrected chi connectivity index (χ0v) is 13.8. The number of aryl methyl sites for hydroxylation is 1. The van der Waals surface area contributed by atoms with Gasteiger partial charge in [0, 0.05) is 12.1 Å². The summed E-state index contributed by atoms with van der Waals surface area (Å²) < 4.78 is 0. The Kier molecular flexibility index (Phi) is 3.94. The molecule has 0 atom stereocenters. The molecular formula is C20H25N3. The van der Waals surface area contributed by atoms with Crippen molar-refractivity contribution in [3.05, 3.63) is 53.7 Å². The third kappa shape index (κ3) is 3.34. The van der Waals surface area contributed by atoms with E-state index in [4.69, 9.17) is 0 Å². The molecule has 2 saturated carbocycles. The second-order valence-electron chi connectivity index (χ2n) is 7.13. The van der Waals surface area contributed by atoms with Crippen LogP contribution in [0, 0.1) is 6.92 Å². The van der Waals surface area contributed by atoms with Crippen molar-refractivity contribution in [1.82, 2.24) is 4.98 Å². The minimum atomic E-state index is 0.577. The quantitative estimate of drug-likeness (QED) is 0.839. The molecule has 1 aromatic heterocycles. The second-order valence-corrected chi connectivity index (χ2v) is 7.13. The molecule has 0 amide bonds. The lowest BCUT2D eigenvalue weighted by Crippen LogP contribution is -2.34. The van der Waals surface area contributed by atoms with Crippen LogP contribution in [0.5, 0.6) is 0 Å². The monoisotopic (exact) mass is 307 g/mol. The van der Waals surface area contributed by atoms with Gasteiger partial charge in [-0.05, 0) is 62.6 Å². The van der Waals surface area contributed by atoms with E-state index < -0.39 is 0 Å². The van der Waals surface area contributed by atoms with Gasteiger partial charge in [0.05, 0.1) is 11.9 Å². The molecule has 0 aliphatic heterocycles. The summed E-state index contributed by atoms with van der Waals surface area (Å²) in [5.74, 6) is 1.71. The maximum absolute atomic E-state index is 4.53. The summed E-state index contributed by atoms with van der Waals surface area (Å²) in [5, 5.41) is 7.09. The number of rotatable bonds is 5. The predicted octanol–water partition coefficient (Wildman–Crippen LogP) is 4.71. The molecule has 23 heavy (non-hydrogen) atoms. The standard InChI is InChI=1S/C20H25N3/c1-14-4-2-5-15(10-14)16-11-19(12-16)22-18-8-9-20(21-13-18)23-17-6-3-7-17/h2,4-5,8-10,13,16-17,19,22H,3,6-7,11-12H2,1H3,(H,21,23). The Bertz CT molecular complexity index is 655. The Morgan fingerprint density at radius 1 is 1.00 bits per heavy atom. The van der Waals surface area contributed by atoms with Crippen LogP contribution >= 0.6 is 0 Å². The summed E-state index contributed by atoms with van der Waals surface area (Å²) in [6, 6.07) is 14.4. The molecule has 0 bridgehead atoms. The number of pyridine rings is 1. The van der Waals surface area contributed by atoms with Crippen molar-refractivity contribution in [1.29, 1.82) is 0 Å². The number of benzene rings is 1. The molecule has 2 aliphatic rings. The van der Waals surface area contributed by atoms with Gasteiger partial charge in [-0.1, -0.05) is 29.8 Å². The lowest BCUT2D eigenvalue weighted by molar-refractivity contribution is 0.374. The van der Waals surface area contributed by atoms with Gasteiger partial charge in [-0.25, -0.2) is 4.98 Å². The normalized spacial score (nSPS) is 23.7. The summed E-state index contributed by atoms with van der Waals surface area (Å²) in [4.78, 5) is 4.53. The van der Waals surface area contributed by atoms with Crippen LogP contribution in [-0.2, 0) is 0 Å². The smallest absolute Gasteiger partial charge is 0.126 e. The van der Waals surface area contributed by atoms with Crippen LogP contribution in [0.2, 0.25) is 0 Å². The number of hydrogen-bond donors (Lipinski definition) is 2. The van der Waals surface area contributed by atoms with Gasteiger partial charge in [0.1, 0.15) is 5.82 Å². The van der Waals surface area contributed by atoms with Crippen molar-refractivity contribution in [2.24, 2.45) is 0 Å². The molecule has 0 saturated heterocycles. The van der Waals surface area contributed by atoms with Gasteiger partial charge >= 0.3 is 0 Å². The zero-order chi connectivity index (χ0) is 15.6. The van der Waals surface area contributed by atoms with Gasteiger partial charge in [0.25, 0.3) is 0 Å². The highest BCUT2D eigenvalue weighted by Gasteiger charge is 2.30. The average Bonchev–Trinajstić information content (AvgIpc) is 2.47. The summed E-state index contributed by atoms with van der Waals surface area (Å²) in [7, 11) is 0. The summed E-state index contributed by atoms with van der Waals surface area (Å²) in [6.45, 7) is 2.17. The molecule has 120 valence electrons. The first-order valence-corrected chi connectivity index (χ1v) is 8.82. The third-order valence-electron chi connectivity index (χ3n) is 5.24. The Morgan fingerprint density at radius 3 is 2.52 bits per heavy atom. The van der Waals surface area contributed by atoms with Crippen LogP contribution in [0.15, 0.2) is 42.6 Å². The Morgan fingerprint density at radius 2 is 1.87 bits per heavy atom. The molecule has 3 heteroatoms. The van der Waals surface area contributed by atoms with Gasteiger partial charge in [0.2, 0.25) is 0 Å². The van der Waals surface area contributed by atoms with E-state index in [2.05, 4.69) is 58.9 Å². The maximum Gasteiger partial charge on any atom is 0.126 e. The third-order valence-corrected chi connectivity index (χ3v) is 5.24. The van der Waals surface area contributed by atoms with E-state index in [1.807, 2.05) is 6.20 Å². The molecule has 1 heterocycles. The number of hydrogen-bond acceptors (Lipinski definition) is 3. The molecule has 2 aromatic rings. The Hall–Kier alpha value is -2.03. The van der Waals surface area contributed by atoms with Crippen molar-refractivity contribution in [3.8, 4) is 0 Å². The molecule has 0 spiro atoms. The fraction of sp³-hybridized carbons (Fsp3) is 0.450. The molecule has 2 fully saturated rings. The first-order chi connectivity index (χ1) is 11.3. The minimum absolute atomic E-state index is 0.577. The molecule has 0 radical (unpaired) electrons. The van der Waals surface area contributed by atoms with E-state index in [-0.39, 0.29) is 0 Å². The highest BCUT2D eigenvalue weighted by molar-refractivity contribution is 5.49. The van der Waals surface area contributed by atoms with Crippen molar-refractivity contribution in [2.75, 3.05) is 10.6 Å². The van der Waals surface area contributed by atoms with E-state index in [1.165, 1.54) is 43.2 Å². The van der Waals surface area contributed by atoms with Crippen molar-refractivity contribution >= 4 is 11.5 Å². The van der Waals surface area contributed by atoms with Crippen molar-refractivity contribution in [2.45, 2.75) is 57.0 Å². The Labute approximate surface area is 138 Å². The largest absolute Gasteiger partial charge is 0.381 e. The van der Waals surface area contributed by atoms with Gasteiger partial charge < -0.3 is 10.6 Å². The number of nitrogens with one attached hydrogen (secondary N) is 2. The van der Waals surface area contributed by atoms with Crippen molar-refractivity contribution < 1.29 is 0 Å². The highest BCUT2D eigenvalue weighted by atomic mass is 15.0.